The first kappa shape index (κ1) is 15.0. The lowest BCUT2D eigenvalue weighted by Crippen LogP contribution is -2.09. The van der Waals surface area contributed by atoms with Crippen LogP contribution in [0.3, 0.4) is 0 Å². The molecule has 0 saturated heterocycles. The van der Waals surface area contributed by atoms with Crippen LogP contribution in [0.5, 0.6) is 0 Å². The first-order chi connectivity index (χ1) is 9.34. The second kappa shape index (κ2) is 5.54. The summed E-state index contributed by atoms with van der Waals surface area (Å²) in [4.78, 5) is 0. The molecular weight excluding hydrogens is 340 g/mol. The van der Waals surface area contributed by atoms with Crippen LogP contribution in [0.25, 0.3) is 0 Å². The van der Waals surface area contributed by atoms with Crippen molar-refractivity contribution in [3.8, 4) is 0 Å². The van der Waals surface area contributed by atoms with Crippen molar-refractivity contribution in [3.63, 3.8) is 0 Å². The van der Waals surface area contributed by atoms with Gasteiger partial charge in [-0.05, 0) is 40.5 Å². The summed E-state index contributed by atoms with van der Waals surface area (Å²) in [5.74, 6) is -4.24. The predicted octanol–water partition coefficient (Wildman–Crippen LogP) is 4.40. The Morgan fingerprint density at radius 2 is 1.55 bits per heavy atom. The normalized spacial score (nSPS) is 12.6. The molecule has 20 heavy (non-hydrogen) atoms. The summed E-state index contributed by atoms with van der Waals surface area (Å²) in [6.45, 7) is 1.41. The van der Waals surface area contributed by atoms with E-state index in [-0.39, 0.29) is 15.6 Å². The third-order valence-corrected chi connectivity index (χ3v) is 3.76. The minimum atomic E-state index is -1.75. The Labute approximate surface area is 121 Å². The molecule has 0 fully saturated rings. The molecule has 1 N–H and O–H groups in total. The van der Waals surface area contributed by atoms with Crippen LogP contribution < -0.4 is 0 Å². The zero-order valence-corrected chi connectivity index (χ0v) is 11.8. The van der Waals surface area contributed by atoms with Gasteiger partial charge in [-0.15, -0.1) is 0 Å². The van der Waals surface area contributed by atoms with Gasteiger partial charge in [0.05, 0.1) is 10.0 Å². The summed E-state index contributed by atoms with van der Waals surface area (Å²) in [5.41, 5.74) is -0.622. The van der Waals surface area contributed by atoms with Gasteiger partial charge in [0.1, 0.15) is 17.7 Å². The van der Waals surface area contributed by atoms with Gasteiger partial charge in [-0.3, -0.25) is 0 Å². The van der Waals surface area contributed by atoms with Crippen molar-refractivity contribution >= 4 is 15.9 Å². The van der Waals surface area contributed by atoms with E-state index in [2.05, 4.69) is 15.9 Å². The van der Waals surface area contributed by atoms with E-state index in [1.807, 2.05) is 0 Å². The predicted molar refractivity (Wildman–Crippen MR) is 69.2 cm³/mol. The zero-order chi connectivity index (χ0) is 15.0. The van der Waals surface area contributed by atoms with Crippen molar-refractivity contribution in [1.29, 1.82) is 0 Å². The summed E-state index contributed by atoms with van der Waals surface area (Å²) in [6.07, 6.45) is -1.75. The minimum absolute atomic E-state index is 0.138. The number of aryl methyl sites for hydroxylation is 1. The summed E-state index contributed by atoms with van der Waals surface area (Å²) < 4.78 is 53.7. The number of hydrogen-bond donors (Lipinski definition) is 1. The molecular formula is C14H9BrF4O. The smallest absolute Gasteiger partial charge is 0.173 e. The summed E-state index contributed by atoms with van der Waals surface area (Å²) in [6, 6.07) is 4.07. The van der Waals surface area contributed by atoms with Gasteiger partial charge in [0.25, 0.3) is 0 Å². The average molecular weight is 349 g/mol. The third kappa shape index (κ3) is 2.45. The number of benzene rings is 2. The standard InChI is InChI=1S/C14H9BrF4O/c1-6-2-4-8(16)10(12(6)18)14(20)7-3-5-9(17)13(19)11(7)15/h2-5,14,20H,1H3. The summed E-state index contributed by atoms with van der Waals surface area (Å²) in [5, 5.41) is 10.1. The maximum atomic E-state index is 13.9. The van der Waals surface area contributed by atoms with E-state index in [0.29, 0.717) is 0 Å². The monoisotopic (exact) mass is 348 g/mol. The van der Waals surface area contributed by atoms with Crippen LogP contribution in [0, 0.1) is 30.2 Å². The first-order valence-electron chi connectivity index (χ1n) is 5.60. The molecule has 0 amide bonds. The summed E-state index contributed by atoms with van der Waals surface area (Å²) >= 11 is 2.78. The highest BCUT2D eigenvalue weighted by Crippen LogP contribution is 2.34. The SMILES string of the molecule is Cc1ccc(F)c(C(O)c2ccc(F)c(F)c2Br)c1F. The van der Waals surface area contributed by atoms with E-state index in [0.717, 1.165) is 18.2 Å². The molecule has 0 heterocycles. The molecule has 0 aromatic heterocycles. The molecule has 0 saturated carbocycles. The average Bonchev–Trinajstić information content (AvgIpc) is 2.41. The Bertz CT molecular complexity index is 673. The third-order valence-electron chi connectivity index (χ3n) is 2.95. The quantitative estimate of drug-likeness (QED) is 0.630. The number of rotatable bonds is 2. The summed E-state index contributed by atoms with van der Waals surface area (Å²) in [7, 11) is 0. The van der Waals surface area contributed by atoms with Crippen molar-refractivity contribution < 1.29 is 22.7 Å². The highest BCUT2D eigenvalue weighted by molar-refractivity contribution is 9.10. The molecule has 2 aromatic carbocycles. The Balaban J connectivity index is 2.61. The Hall–Kier alpha value is -1.40. The molecule has 6 heteroatoms. The second-order valence-corrected chi connectivity index (χ2v) is 5.05. The van der Waals surface area contributed by atoms with Crippen LogP contribution in [0.4, 0.5) is 17.6 Å². The molecule has 0 bridgehead atoms. The molecule has 0 aliphatic carbocycles. The molecule has 106 valence electrons. The van der Waals surface area contributed by atoms with Crippen LogP contribution in [0.15, 0.2) is 28.7 Å². The van der Waals surface area contributed by atoms with Gasteiger partial charge in [-0.25, -0.2) is 17.6 Å². The van der Waals surface area contributed by atoms with Crippen LogP contribution in [0.2, 0.25) is 0 Å². The maximum absolute atomic E-state index is 13.9. The van der Waals surface area contributed by atoms with Crippen LogP contribution in [-0.4, -0.2) is 5.11 Å². The lowest BCUT2D eigenvalue weighted by Gasteiger charge is -2.16. The van der Waals surface area contributed by atoms with E-state index >= 15 is 0 Å². The highest BCUT2D eigenvalue weighted by Gasteiger charge is 2.25. The first-order valence-corrected chi connectivity index (χ1v) is 6.39. The van der Waals surface area contributed by atoms with Crippen LogP contribution in [-0.2, 0) is 0 Å². The molecule has 1 atom stereocenters. The Morgan fingerprint density at radius 3 is 2.20 bits per heavy atom. The second-order valence-electron chi connectivity index (χ2n) is 4.26. The fraction of sp³-hybridized carbons (Fsp3) is 0.143. The van der Waals surface area contributed by atoms with Crippen molar-refractivity contribution in [3.05, 3.63) is 68.7 Å². The molecule has 1 unspecified atom stereocenters. The fourth-order valence-corrected chi connectivity index (χ4v) is 2.37. The highest BCUT2D eigenvalue weighted by atomic mass is 79.9. The number of halogens is 5. The molecule has 0 radical (unpaired) electrons. The molecule has 2 aromatic rings. The van der Waals surface area contributed by atoms with E-state index in [1.54, 1.807) is 0 Å². The van der Waals surface area contributed by atoms with E-state index in [9.17, 15) is 22.7 Å². The Morgan fingerprint density at radius 1 is 0.950 bits per heavy atom. The largest absolute Gasteiger partial charge is 0.383 e. The minimum Gasteiger partial charge on any atom is -0.383 e. The lowest BCUT2D eigenvalue weighted by atomic mass is 9.98. The van der Waals surface area contributed by atoms with Gasteiger partial charge in [0, 0.05) is 5.56 Å². The molecule has 0 aliphatic heterocycles. The van der Waals surface area contributed by atoms with E-state index in [1.165, 1.54) is 13.0 Å². The van der Waals surface area contributed by atoms with Gasteiger partial charge < -0.3 is 5.11 Å². The van der Waals surface area contributed by atoms with Crippen molar-refractivity contribution in [2.24, 2.45) is 0 Å². The lowest BCUT2D eigenvalue weighted by molar-refractivity contribution is 0.207. The van der Waals surface area contributed by atoms with Crippen molar-refractivity contribution in [1.82, 2.24) is 0 Å². The van der Waals surface area contributed by atoms with Crippen molar-refractivity contribution in [2.75, 3.05) is 0 Å². The molecule has 0 aliphatic rings. The van der Waals surface area contributed by atoms with Gasteiger partial charge in [0.15, 0.2) is 11.6 Å². The maximum Gasteiger partial charge on any atom is 0.173 e. The van der Waals surface area contributed by atoms with Gasteiger partial charge in [-0.1, -0.05) is 12.1 Å². The van der Waals surface area contributed by atoms with Crippen molar-refractivity contribution in [2.45, 2.75) is 13.0 Å². The molecule has 2 rings (SSSR count). The Kier molecular flexibility index (Phi) is 4.15. The number of hydrogen-bond acceptors (Lipinski definition) is 1. The van der Waals surface area contributed by atoms with E-state index in [4.69, 9.17) is 0 Å². The van der Waals surface area contributed by atoms with Gasteiger partial charge >= 0.3 is 0 Å². The van der Waals surface area contributed by atoms with Gasteiger partial charge in [-0.2, -0.15) is 0 Å². The number of aliphatic hydroxyl groups is 1. The fourth-order valence-electron chi connectivity index (χ4n) is 1.84. The molecule has 1 nitrogen and oxygen atoms in total. The van der Waals surface area contributed by atoms with Crippen LogP contribution in [0.1, 0.15) is 22.8 Å². The topological polar surface area (TPSA) is 20.2 Å². The number of aliphatic hydroxyl groups excluding tert-OH is 1. The zero-order valence-electron chi connectivity index (χ0n) is 10.2. The van der Waals surface area contributed by atoms with Gasteiger partial charge in [0.2, 0.25) is 0 Å². The van der Waals surface area contributed by atoms with E-state index < -0.39 is 34.9 Å². The van der Waals surface area contributed by atoms with Crippen LogP contribution >= 0.6 is 15.9 Å². The molecule has 0 spiro atoms.